The summed E-state index contributed by atoms with van der Waals surface area (Å²) in [5, 5.41) is 12.8. The van der Waals surface area contributed by atoms with E-state index in [1.165, 1.54) is 16.7 Å². The molecular formula is C22H27ClN6O3S2. The number of hydrogen-bond acceptors (Lipinski definition) is 8. The van der Waals surface area contributed by atoms with Crippen LogP contribution in [0.15, 0.2) is 23.4 Å². The van der Waals surface area contributed by atoms with Crippen molar-refractivity contribution < 1.29 is 14.3 Å². The van der Waals surface area contributed by atoms with Gasteiger partial charge in [-0.25, -0.2) is 4.98 Å². The Balaban J connectivity index is 1.64. The summed E-state index contributed by atoms with van der Waals surface area (Å²) in [6, 6.07) is 5.60. The highest BCUT2D eigenvalue weighted by Gasteiger charge is 2.21. The van der Waals surface area contributed by atoms with Crippen LogP contribution in [0.25, 0.3) is 0 Å². The minimum Gasteiger partial charge on any atom is -0.481 e. The van der Waals surface area contributed by atoms with Crippen molar-refractivity contribution in [2.45, 2.75) is 45.5 Å². The number of hydrogen-bond donors (Lipinski definition) is 1. The summed E-state index contributed by atoms with van der Waals surface area (Å²) in [5.41, 5.74) is 1.63. The first-order valence-electron chi connectivity index (χ1n) is 10.6. The van der Waals surface area contributed by atoms with E-state index in [-0.39, 0.29) is 23.7 Å². The Morgan fingerprint density at radius 3 is 2.71 bits per heavy atom. The third-order valence-electron chi connectivity index (χ3n) is 4.79. The molecule has 0 aliphatic heterocycles. The van der Waals surface area contributed by atoms with Gasteiger partial charge < -0.3 is 19.5 Å². The lowest BCUT2D eigenvalue weighted by Crippen LogP contribution is -2.21. The van der Waals surface area contributed by atoms with Gasteiger partial charge in [0.05, 0.1) is 16.5 Å². The Kier molecular flexibility index (Phi) is 8.56. The van der Waals surface area contributed by atoms with Crippen LogP contribution in [-0.2, 0) is 11.3 Å². The second kappa shape index (κ2) is 11.2. The van der Waals surface area contributed by atoms with E-state index in [1.54, 1.807) is 27.1 Å². The van der Waals surface area contributed by atoms with E-state index in [0.717, 1.165) is 16.9 Å². The van der Waals surface area contributed by atoms with Gasteiger partial charge in [0.15, 0.2) is 22.2 Å². The molecule has 0 saturated heterocycles. The lowest BCUT2D eigenvalue weighted by Gasteiger charge is -2.16. The summed E-state index contributed by atoms with van der Waals surface area (Å²) in [7, 11) is 3.35. The monoisotopic (exact) mass is 522 g/mol. The maximum Gasteiger partial charge on any atom is 0.265 e. The predicted octanol–water partition coefficient (Wildman–Crippen LogP) is 4.60. The summed E-state index contributed by atoms with van der Waals surface area (Å²) >= 11 is 8.69. The van der Waals surface area contributed by atoms with Crippen molar-refractivity contribution in [2.75, 3.05) is 25.2 Å². The zero-order valence-electron chi connectivity index (χ0n) is 19.9. The maximum absolute atomic E-state index is 12.5. The Morgan fingerprint density at radius 1 is 1.29 bits per heavy atom. The van der Waals surface area contributed by atoms with Crippen molar-refractivity contribution in [3.8, 4) is 5.75 Å². The van der Waals surface area contributed by atoms with Gasteiger partial charge in [-0.15, -0.1) is 10.2 Å². The quantitative estimate of drug-likeness (QED) is 0.410. The summed E-state index contributed by atoms with van der Waals surface area (Å²) in [4.78, 5) is 31.0. The number of carbonyl (C=O) groups excluding carboxylic acids is 2. The van der Waals surface area contributed by atoms with E-state index < -0.39 is 0 Å². The molecule has 3 rings (SSSR count). The van der Waals surface area contributed by atoms with Gasteiger partial charge in [-0.1, -0.05) is 40.8 Å². The highest BCUT2D eigenvalue weighted by atomic mass is 35.5. The molecule has 0 saturated carbocycles. The molecule has 3 aromatic rings. The van der Waals surface area contributed by atoms with Crippen LogP contribution in [0.5, 0.6) is 5.75 Å². The topological polar surface area (TPSA) is 102 Å². The number of aromatic nitrogens is 4. The van der Waals surface area contributed by atoms with Crippen LogP contribution in [-0.4, -0.2) is 56.3 Å². The lowest BCUT2D eigenvalue weighted by atomic mass is 10.2. The molecule has 1 N–H and O–H groups in total. The number of aryl methyl sites for hydroxylation is 2. The van der Waals surface area contributed by atoms with Crippen LogP contribution in [0, 0.1) is 13.8 Å². The molecule has 0 spiro atoms. The molecule has 0 aliphatic carbocycles. The van der Waals surface area contributed by atoms with Gasteiger partial charge in [0, 0.05) is 20.6 Å². The molecule has 1 aromatic carbocycles. The van der Waals surface area contributed by atoms with E-state index >= 15 is 0 Å². The lowest BCUT2D eigenvalue weighted by molar-refractivity contribution is -0.113. The minimum atomic E-state index is -0.388. The second-order valence-electron chi connectivity index (χ2n) is 7.75. The standard InChI is InChI=1S/C22H27ClN6O3S2/c1-7-29-19(14(4)32-16-10-12(2)8-9-15(16)23)26-27-22(29)33-11-17(30)25-21-24-13(3)18(34-21)20(31)28(5)6/h8-10,14H,7,11H2,1-6H3,(H,24,25,30). The smallest absolute Gasteiger partial charge is 0.265 e. The van der Waals surface area contributed by atoms with Crippen molar-refractivity contribution in [1.29, 1.82) is 0 Å². The third-order valence-corrected chi connectivity index (χ3v) is 7.13. The van der Waals surface area contributed by atoms with Crippen molar-refractivity contribution >= 4 is 51.6 Å². The van der Waals surface area contributed by atoms with Gasteiger partial charge in [-0.2, -0.15) is 0 Å². The summed E-state index contributed by atoms with van der Waals surface area (Å²) < 4.78 is 7.95. The number of rotatable bonds is 9. The Hall–Kier alpha value is -2.63. The minimum absolute atomic E-state index is 0.118. The molecule has 0 aliphatic rings. The number of halogens is 1. The van der Waals surface area contributed by atoms with Crippen LogP contribution < -0.4 is 10.1 Å². The van der Waals surface area contributed by atoms with Crippen molar-refractivity contribution in [3.05, 3.63) is 45.2 Å². The Labute approximate surface area is 211 Å². The molecule has 0 bridgehead atoms. The van der Waals surface area contributed by atoms with Gasteiger partial charge >= 0.3 is 0 Å². The molecule has 34 heavy (non-hydrogen) atoms. The number of thiazole rings is 1. The third kappa shape index (κ3) is 6.08. The number of benzene rings is 1. The number of carbonyl (C=O) groups is 2. The van der Waals surface area contributed by atoms with E-state index in [2.05, 4.69) is 20.5 Å². The molecule has 1 unspecified atom stereocenters. The van der Waals surface area contributed by atoms with Gasteiger partial charge in [0.2, 0.25) is 5.91 Å². The molecule has 0 fully saturated rings. The molecular weight excluding hydrogens is 496 g/mol. The van der Waals surface area contributed by atoms with Crippen molar-refractivity contribution in [2.24, 2.45) is 0 Å². The number of thioether (sulfide) groups is 1. The Morgan fingerprint density at radius 2 is 2.03 bits per heavy atom. The highest BCUT2D eigenvalue weighted by Crippen LogP contribution is 2.31. The number of amides is 2. The summed E-state index contributed by atoms with van der Waals surface area (Å²) in [6.45, 7) is 8.19. The van der Waals surface area contributed by atoms with E-state index in [0.29, 0.717) is 44.0 Å². The Bertz CT molecular complexity index is 1190. The maximum atomic E-state index is 12.5. The predicted molar refractivity (Wildman–Crippen MR) is 135 cm³/mol. The van der Waals surface area contributed by atoms with Crippen molar-refractivity contribution in [3.63, 3.8) is 0 Å². The average molecular weight is 523 g/mol. The molecule has 12 heteroatoms. The van der Waals surface area contributed by atoms with Gasteiger partial charge in [0.25, 0.3) is 5.91 Å². The number of ether oxygens (including phenoxy) is 1. The van der Waals surface area contributed by atoms with E-state index in [1.807, 2.05) is 37.5 Å². The molecule has 182 valence electrons. The molecule has 2 amide bonds. The normalized spacial score (nSPS) is 11.9. The fourth-order valence-electron chi connectivity index (χ4n) is 3.09. The van der Waals surface area contributed by atoms with Crippen LogP contribution in [0.1, 0.15) is 46.7 Å². The molecule has 9 nitrogen and oxygen atoms in total. The van der Waals surface area contributed by atoms with Crippen LogP contribution in [0.3, 0.4) is 0 Å². The van der Waals surface area contributed by atoms with Crippen LogP contribution >= 0.6 is 34.7 Å². The van der Waals surface area contributed by atoms with E-state index in [9.17, 15) is 9.59 Å². The highest BCUT2D eigenvalue weighted by molar-refractivity contribution is 7.99. The first-order chi connectivity index (χ1) is 16.1. The zero-order valence-corrected chi connectivity index (χ0v) is 22.3. The van der Waals surface area contributed by atoms with Crippen LogP contribution in [0.4, 0.5) is 5.13 Å². The fraction of sp³-hybridized carbons (Fsp3) is 0.409. The molecule has 0 radical (unpaired) electrons. The SMILES string of the molecule is CCn1c(SCC(=O)Nc2nc(C)c(C(=O)N(C)C)s2)nnc1C(C)Oc1cc(C)ccc1Cl. The summed E-state index contributed by atoms with van der Waals surface area (Å²) in [6.07, 6.45) is -0.388. The molecule has 2 heterocycles. The molecule has 1 atom stereocenters. The number of nitrogens with zero attached hydrogens (tertiary/aromatic N) is 5. The van der Waals surface area contributed by atoms with Crippen molar-refractivity contribution in [1.82, 2.24) is 24.6 Å². The number of anilines is 1. The first-order valence-corrected chi connectivity index (χ1v) is 12.8. The zero-order chi connectivity index (χ0) is 25.0. The fourth-order valence-corrected chi connectivity index (χ4v) is 5.06. The average Bonchev–Trinajstić information content (AvgIpc) is 3.36. The largest absolute Gasteiger partial charge is 0.481 e. The molecule has 2 aromatic heterocycles. The second-order valence-corrected chi connectivity index (χ2v) is 10.1. The first kappa shape index (κ1) is 26.0. The van der Waals surface area contributed by atoms with Crippen LogP contribution in [0.2, 0.25) is 5.02 Å². The van der Waals surface area contributed by atoms with Gasteiger partial charge in [-0.05, 0) is 45.4 Å². The van der Waals surface area contributed by atoms with Gasteiger partial charge in [-0.3, -0.25) is 9.59 Å². The van der Waals surface area contributed by atoms with Gasteiger partial charge in [0.1, 0.15) is 10.6 Å². The summed E-state index contributed by atoms with van der Waals surface area (Å²) in [5.74, 6) is 0.958. The van der Waals surface area contributed by atoms with E-state index in [4.69, 9.17) is 16.3 Å². The number of nitrogens with one attached hydrogen (secondary N) is 1.